The molecule has 2 aliphatic rings. The predicted octanol–water partition coefficient (Wildman–Crippen LogP) is 4.46. The number of ether oxygens (including phenoxy) is 1. The summed E-state index contributed by atoms with van der Waals surface area (Å²) in [6.07, 6.45) is -1.56. The third kappa shape index (κ3) is 3.51. The van der Waals surface area contributed by atoms with Gasteiger partial charge in [0.05, 0.1) is 12.0 Å². The summed E-state index contributed by atoms with van der Waals surface area (Å²) in [5.41, 5.74) is -2.50. The maximum atomic E-state index is 14.1. The fourth-order valence-corrected chi connectivity index (χ4v) is 5.01. The van der Waals surface area contributed by atoms with Gasteiger partial charge in [-0.25, -0.2) is 8.78 Å². The van der Waals surface area contributed by atoms with Crippen LogP contribution in [0.2, 0.25) is 5.02 Å². The van der Waals surface area contributed by atoms with E-state index in [1.165, 1.54) is 48.5 Å². The Hall–Kier alpha value is -3.95. The lowest BCUT2D eigenvalue weighted by Crippen LogP contribution is -2.52. The second-order valence-corrected chi connectivity index (χ2v) is 8.93. The largest absolute Gasteiger partial charge is 0.481 e. The van der Waals surface area contributed by atoms with E-state index in [1.807, 2.05) is 0 Å². The summed E-state index contributed by atoms with van der Waals surface area (Å²) in [5.74, 6) is -10.4. The van der Waals surface area contributed by atoms with Crippen LogP contribution in [0.3, 0.4) is 0 Å². The summed E-state index contributed by atoms with van der Waals surface area (Å²) >= 11 is 5.88. The van der Waals surface area contributed by atoms with Gasteiger partial charge in [-0.15, -0.1) is 0 Å². The number of amides is 1. The molecule has 1 aliphatic heterocycles. The number of carboxylic acid groups (broad SMARTS) is 1. The van der Waals surface area contributed by atoms with Gasteiger partial charge in [-0.2, -0.15) is 0 Å². The molecule has 0 bridgehead atoms. The van der Waals surface area contributed by atoms with Gasteiger partial charge in [-0.05, 0) is 42.0 Å². The highest BCUT2D eigenvalue weighted by molar-refractivity contribution is 6.34. The van der Waals surface area contributed by atoms with E-state index in [0.29, 0.717) is 5.02 Å². The zero-order valence-electron chi connectivity index (χ0n) is 18.2. The Kier molecular flexibility index (Phi) is 5.69. The number of fused-ring (bicyclic) bond motifs is 1. The van der Waals surface area contributed by atoms with Crippen molar-refractivity contribution in [3.63, 3.8) is 0 Å². The van der Waals surface area contributed by atoms with E-state index in [1.54, 1.807) is 0 Å². The minimum absolute atomic E-state index is 0.0449. The number of carbonyl (C=O) groups is 4. The maximum Gasteiger partial charge on any atom is 0.311 e. The zero-order valence-corrected chi connectivity index (χ0v) is 19.0. The van der Waals surface area contributed by atoms with Gasteiger partial charge < -0.3 is 15.2 Å². The Morgan fingerprint density at radius 3 is 2.08 bits per heavy atom. The van der Waals surface area contributed by atoms with Crippen molar-refractivity contribution in [1.29, 1.82) is 0 Å². The standard InChI is InChI=1S/C26H16ClF2NO6/c27-13-6-8-14(9-7-13)30-24(33)19-20(25(34)35)26(22(31)15-3-1-2-4-16(15)23(26)32)36-21(19)12-5-10-17(28)18(29)11-12/h1-11,19-21H,(H,30,33)(H,34,35). The van der Waals surface area contributed by atoms with Crippen molar-refractivity contribution in [2.45, 2.75) is 11.7 Å². The van der Waals surface area contributed by atoms with Crippen LogP contribution in [-0.4, -0.2) is 34.2 Å². The molecule has 1 heterocycles. The molecule has 3 aromatic rings. The number of carboxylic acids is 1. The van der Waals surface area contributed by atoms with Gasteiger partial charge in [0.25, 0.3) is 0 Å². The van der Waals surface area contributed by atoms with Crippen molar-refractivity contribution < 1.29 is 37.8 Å². The van der Waals surface area contributed by atoms with Crippen LogP contribution in [0, 0.1) is 23.5 Å². The van der Waals surface area contributed by atoms with E-state index in [0.717, 1.165) is 18.2 Å². The summed E-state index contributed by atoms with van der Waals surface area (Å²) in [4.78, 5) is 53.1. The van der Waals surface area contributed by atoms with E-state index >= 15 is 0 Å². The van der Waals surface area contributed by atoms with Gasteiger partial charge in [-0.1, -0.05) is 41.9 Å². The van der Waals surface area contributed by atoms with E-state index < -0.39 is 58.6 Å². The van der Waals surface area contributed by atoms with E-state index in [2.05, 4.69) is 5.32 Å². The Balaban J connectivity index is 1.66. The molecule has 1 amide bonds. The number of carbonyl (C=O) groups excluding carboxylic acids is 3. The number of halogens is 3. The average Bonchev–Trinajstić information content (AvgIpc) is 3.33. The first kappa shape index (κ1) is 23.8. The topological polar surface area (TPSA) is 110 Å². The summed E-state index contributed by atoms with van der Waals surface area (Å²) in [5, 5.41) is 13.2. The molecule has 2 N–H and O–H groups in total. The maximum absolute atomic E-state index is 14.1. The van der Waals surface area contributed by atoms with Crippen LogP contribution in [0.4, 0.5) is 14.5 Å². The summed E-state index contributed by atoms with van der Waals surface area (Å²) in [6, 6.07) is 14.3. The molecule has 182 valence electrons. The quantitative estimate of drug-likeness (QED) is 0.500. The molecule has 0 saturated carbocycles. The molecular weight excluding hydrogens is 496 g/mol. The Labute approximate surface area is 207 Å². The number of aliphatic carboxylic acids is 1. The lowest BCUT2D eigenvalue weighted by Gasteiger charge is -2.25. The molecule has 1 aliphatic carbocycles. The molecule has 0 aromatic heterocycles. The van der Waals surface area contributed by atoms with Gasteiger partial charge in [0.1, 0.15) is 5.92 Å². The van der Waals surface area contributed by atoms with Gasteiger partial charge in [0.2, 0.25) is 23.1 Å². The molecule has 5 rings (SSSR count). The number of ketones is 2. The summed E-state index contributed by atoms with van der Waals surface area (Å²) < 4.78 is 33.7. The number of rotatable bonds is 4. The van der Waals surface area contributed by atoms with Crippen molar-refractivity contribution >= 4 is 40.7 Å². The van der Waals surface area contributed by atoms with Gasteiger partial charge in [-0.3, -0.25) is 19.2 Å². The van der Waals surface area contributed by atoms with Crippen LogP contribution in [0.15, 0.2) is 66.7 Å². The second kappa shape index (κ2) is 8.61. The number of hydrogen-bond acceptors (Lipinski definition) is 5. The van der Waals surface area contributed by atoms with Crippen LogP contribution < -0.4 is 5.32 Å². The van der Waals surface area contributed by atoms with Gasteiger partial charge in [0.15, 0.2) is 11.6 Å². The lowest BCUT2D eigenvalue weighted by molar-refractivity contribution is -0.147. The average molecular weight is 512 g/mol. The molecular formula is C26H16ClF2NO6. The van der Waals surface area contributed by atoms with Crippen molar-refractivity contribution in [3.8, 4) is 0 Å². The van der Waals surface area contributed by atoms with Crippen LogP contribution in [0.1, 0.15) is 32.4 Å². The summed E-state index contributed by atoms with van der Waals surface area (Å²) in [7, 11) is 0. The van der Waals surface area contributed by atoms with Crippen molar-refractivity contribution in [1.82, 2.24) is 0 Å². The first-order valence-corrected chi connectivity index (χ1v) is 11.1. The third-order valence-electron chi connectivity index (χ3n) is 6.48. The highest BCUT2D eigenvalue weighted by Crippen LogP contribution is 2.54. The van der Waals surface area contributed by atoms with Crippen molar-refractivity contribution in [3.05, 3.63) is 100 Å². The normalized spacial score (nSPS) is 22.0. The highest BCUT2D eigenvalue weighted by Gasteiger charge is 2.71. The second-order valence-electron chi connectivity index (χ2n) is 8.49. The SMILES string of the molecule is O=C(Nc1ccc(Cl)cc1)C1C(c2ccc(F)c(F)c2)OC2(C(=O)c3ccccc3C2=O)C1C(=O)O. The van der Waals surface area contributed by atoms with Crippen molar-refractivity contribution in [2.75, 3.05) is 5.32 Å². The lowest BCUT2D eigenvalue weighted by atomic mass is 9.75. The minimum atomic E-state index is -2.56. The monoisotopic (exact) mass is 511 g/mol. The van der Waals surface area contributed by atoms with Gasteiger partial charge >= 0.3 is 5.97 Å². The first-order valence-electron chi connectivity index (χ1n) is 10.8. The fourth-order valence-electron chi connectivity index (χ4n) is 4.89. The first-order chi connectivity index (χ1) is 17.1. The minimum Gasteiger partial charge on any atom is -0.481 e. The fraction of sp³-hybridized carbons (Fsp3) is 0.154. The van der Waals surface area contributed by atoms with Gasteiger partial charge in [0, 0.05) is 21.8 Å². The number of hydrogen-bond donors (Lipinski definition) is 2. The van der Waals surface area contributed by atoms with Crippen molar-refractivity contribution in [2.24, 2.45) is 11.8 Å². The molecule has 3 aromatic carbocycles. The number of anilines is 1. The highest BCUT2D eigenvalue weighted by atomic mass is 35.5. The van der Waals surface area contributed by atoms with E-state index in [9.17, 15) is 33.1 Å². The molecule has 1 spiro atoms. The van der Waals surface area contributed by atoms with E-state index in [-0.39, 0.29) is 22.4 Å². The molecule has 10 heteroatoms. The summed E-state index contributed by atoms with van der Waals surface area (Å²) in [6.45, 7) is 0. The Morgan fingerprint density at radius 2 is 1.53 bits per heavy atom. The Bertz CT molecular complexity index is 1410. The predicted molar refractivity (Wildman–Crippen MR) is 123 cm³/mol. The van der Waals surface area contributed by atoms with E-state index in [4.69, 9.17) is 16.3 Å². The number of Topliss-reactive ketones (excluding diaryl/α,β-unsaturated/α-hetero) is 2. The number of benzene rings is 3. The molecule has 3 atom stereocenters. The smallest absolute Gasteiger partial charge is 0.311 e. The molecule has 7 nitrogen and oxygen atoms in total. The molecule has 36 heavy (non-hydrogen) atoms. The molecule has 0 radical (unpaired) electrons. The zero-order chi connectivity index (χ0) is 25.8. The van der Waals surface area contributed by atoms with Crippen LogP contribution in [0.25, 0.3) is 0 Å². The van der Waals surface area contributed by atoms with Crippen LogP contribution in [-0.2, 0) is 14.3 Å². The third-order valence-corrected chi connectivity index (χ3v) is 6.73. The van der Waals surface area contributed by atoms with Crippen LogP contribution >= 0.6 is 11.6 Å². The molecule has 1 fully saturated rings. The van der Waals surface area contributed by atoms with Crippen LogP contribution in [0.5, 0.6) is 0 Å². The molecule has 1 saturated heterocycles. The Morgan fingerprint density at radius 1 is 0.917 bits per heavy atom. The molecule has 3 unspecified atom stereocenters. The number of nitrogens with one attached hydrogen (secondary N) is 1.